The highest BCUT2D eigenvalue weighted by Crippen LogP contribution is 2.24. The van der Waals surface area contributed by atoms with Crippen LogP contribution in [-0.4, -0.2) is 37.5 Å². The normalized spacial score (nSPS) is 20.4. The van der Waals surface area contributed by atoms with Crippen molar-refractivity contribution < 1.29 is 4.79 Å². The van der Waals surface area contributed by atoms with Crippen molar-refractivity contribution in [3.63, 3.8) is 0 Å². The Morgan fingerprint density at radius 1 is 1.30 bits per heavy atom. The fourth-order valence-corrected chi connectivity index (χ4v) is 3.77. The Morgan fingerprint density at radius 3 is 2.78 bits per heavy atom. The molecule has 2 atom stereocenters. The molecule has 1 fully saturated rings. The van der Waals surface area contributed by atoms with E-state index >= 15 is 0 Å². The summed E-state index contributed by atoms with van der Waals surface area (Å²) >= 11 is 6.20. The third kappa shape index (κ3) is 7.41. The number of benzene rings is 1. The van der Waals surface area contributed by atoms with Gasteiger partial charge in [-0.05, 0) is 57.6 Å². The van der Waals surface area contributed by atoms with Gasteiger partial charge in [0.05, 0.1) is 0 Å². The van der Waals surface area contributed by atoms with Gasteiger partial charge in [-0.3, -0.25) is 9.79 Å². The molecule has 2 rings (SSSR count). The molecule has 6 heteroatoms. The van der Waals surface area contributed by atoms with Gasteiger partial charge in [0.25, 0.3) is 0 Å². The molecule has 1 aromatic rings. The van der Waals surface area contributed by atoms with Crippen molar-refractivity contribution in [1.29, 1.82) is 0 Å². The summed E-state index contributed by atoms with van der Waals surface area (Å²) in [6, 6.07) is 8.45. The predicted octanol–water partition coefficient (Wildman–Crippen LogP) is 3.52. The largest absolute Gasteiger partial charge is 0.356 e. The lowest BCUT2D eigenvalue weighted by Gasteiger charge is -2.30. The maximum Gasteiger partial charge on any atom is 0.223 e. The Hall–Kier alpha value is -1.75. The number of carbonyl (C=O) groups is 1. The molecule has 1 aliphatic carbocycles. The highest BCUT2D eigenvalue weighted by Gasteiger charge is 2.27. The molecule has 1 aliphatic rings. The number of nitrogens with zero attached hydrogens (tertiary/aromatic N) is 1. The molecule has 0 aromatic heterocycles. The fraction of sp³-hybridized carbons (Fsp3) is 0.619. The Kier molecular flexibility index (Phi) is 8.92. The quantitative estimate of drug-likeness (QED) is 0.378. The minimum Gasteiger partial charge on any atom is -0.356 e. The molecule has 0 aliphatic heterocycles. The van der Waals surface area contributed by atoms with Gasteiger partial charge in [0.15, 0.2) is 5.96 Å². The molecule has 27 heavy (non-hydrogen) atoms. The maximum absolute atomic E-state index is 12.3. The first-order valence-electron chi connectivity index (χ1n) is 10.0. The molecule has 0 radical (unpaired) electrons. The van der Waals surface area contributed by atoms with Gasteiger partial charge in [-0.15, -0.1) is 0 Å². The summed E-state index contributed by atoms with van der Waals surface area (Å²) in [6.07, 6.45) is 5.89. The molecule has 0 spiro atoms. The molecule has 1 aromatic carbocycles. The zero-order valence-electron chi connectivity index (χ0n) is 16.7. The van der Waals surface area contributed by atoms with Crippen LogP contribution in [0.25, 0.3) is 0 Å². The average Bonchev–Trinajstić information content (AvgIpc) is 2.65. The molecular formula is C21H33ClN4O. The van der Waals surface area contributed by atoms with Crippen LogP contribution in [-0.2, 0) is 11.2 Å². The van der Waals surface area contributed by atoms with Crippen molar-refractivity contribution in [1.82, 2.24) is 16.0 Å². The zero-order valence-corrected chi connectivity index (χ0v) is 17.5. The summed E-state index contributed by atoms with van der Waals surface area (Å²) in [5, 5.41) is 10.7. The van der Waals surface area contributed by atoms with Gasteiger partial charge in [-0.1, -0.05) is 36.2 Å². The summed E-state index contributed by atoms with van der Waals surface area (Å²) in [5.74, 6) is 1.08. The van der Waals surface area contributed by atoms with E-state index in [1.807, 2.05) is 32.0 Å². The topological polar surface area (TPSA) is 65.5 Å². The van der Waals surface area contributed by atoms with Crippen LogP contribution in [0.1, 0.15) is 51.5 Å². The Balaban J connectivity index is 1.74. The highest BCUT2D eigenvalue weighted by atomic mass is 35.5. The van der Waals surface area contributed by atoms with Crippen LogP contribution in [0.15, 0.2) is 29.3 Å². The second-order valence-electron chi connectivity index (χ2n) is 7.56. The molecule has 2 unspecified atom stereocenters. The van der Waals surface area contributed by atoms with Crippen molar-refractivity contribution in [3.8, 4) is 0 Å². The zero-order chi connectivity index (χ0) is 19.6. The van der Waals surface area contributed by atoms with Crippen LogP contribution in [0, 0.1) is 5.92 Å². The standard InChI is InChI=1S/C21H33ClN4O/c1-15(2)25-20(27)17-9-6-11-18(14-17)26-21(23-3)24-13-7-10-16-8-4-5-12-19(16)22/h4-5,8,12,15,17-18H,6-7,9-11,13-14H2,1-3H3,(H,25,27)(H2,23,24,26). The second-order valence-corrected chi connectivity index (χ2v) is 7.97. The number of hydrogen-bond acceptors (Lipinski definition) is 2. The maximum atomic E-state index is 12.3. The number of aliphatic imine (C=N–C) groups is 1. The van der Waals surface area contributed by atoms with E-state index in [-0.39, 0.29) is 23.9 Å². The molecule has 150 valence electrons. The first kappa shape index (κ1) is 21.5. The van der Waals surface area contributed by atoms with E-state index in [2.05, 4.69) is 27.0 Å². The molecule has 0 saturated heterocycles. The van der Waals surface area contributed by atoms with E-state index in [1.54, 1.807) is 7.05 Å². The molecule has 0 bridgehead atoms. The van der Waals surface area contributed by atoms with Crippen LogP contribution >= 0.6 is 11.6 Å². The molecule has 3 N–H and O–H groups in total. The van der Waals surface area contributed by atoms with E-state index in [0.29, 0.717) is 0 Å². The minimum atomic E-state index is 0.0944. The van der Waals surface area contributed by atoms with E-state index in [1.165, 1.54) is 5.56 Å². The van der Waals surface area contributed by atoms with Crippen molar-refractivity contribution in [2.75, 3.05) is 13.6 Å². The third-order valence-electron chi connectivity index (χ3n) is 4.91. The van der Waals surface area contributed by atoms with Crippen LogP contribution in [0.3, 0.4) is 0 Å². The van der Waals surface area contributed by atoms with Crippen molar-refractivity contribution in [2.24, 2.45) is 10.9 Å². The number of carbonyl (C=O) groups excluding carboxylic acids is 1. The summed E-state index contributed by atoms with van der Waals surface area (Å²) in [5.41, 5.74) is 1.18. The van der Waals surface area contributed by atoms with Gasteiger partial charge in [0.2, 0.25) is 5.91 Å². The Labute approximate surface area is 168 Å². The number of guanidine groups is 1. The SMILES string of the molecule is CN=C(NCCCc1ccccc1Cl)NC1CCCC(C(=O)NC(C)C)C1. The van der Waals surface area contributed by atoms with Crippen molar-refractivity contribution >= 4 is 23.5 Å². The van der Waals surface area contributed by atoms with Gasteiger partial charge in [-0.25, -0.2) is 0 Å². The van der Waals surface area contributed by atoms with Crippen molar-refractivity contribution in [3.05, 3.63) is 34.9 Å². The second kappa shape index (κ2) is 11.2. The number of amides is 1. The molecular weight excluding hydrogens is 360 g/mol. The van der Waals surface area contributed by atoms with Crippen LogP contribution < -0.4 is 16.0 Å². The lowest BCUT2D eigenvalue weighted by Crippen LogP contribution is -2.47. The number of nitrogens with one attached hydrogen (secondary N) is 3. The highest BCUT2D eigenvalue weighted by molar-refractivity contribution is 6.31. The van der Waals surface area contributed by atoms with Crippen LogP contribution in [0.4, 0.5) is 0 Å². The molecule has 5 nitrogen and oxygen atoms in total. The summed E-state index contributed by atoms with van der Waals surface area (Å²) in [7, 11) is 1.79. The third-order valence-corrected chi connectivity index (χ3v) is 5.28. The van der Waals surface area contributed by atoms with Gasteiger partial charge < -0.3 is 16.0 Å². The minimum absolute atomic E-state index is 0.0944. The van der Waals surface area contributed by atoms with E-state index in [4.69, 9.17) is 11.6 Å². The lowest BCUT2D eigenvalue weighted by atomic mass is 9.85. The fourth-order valence-electron chi connectivity index (χ4n) is 3.54. The predicted molar refractivity (Wildman–Crippen MR) is 113 cm³/mol. The monoisotopic (exact) mass is 392 g/mol. The van der Waals surface area contributed by atoms with Gasteiger partial charge in [0, 0.05) is 36.6 Å². The van der Waals surface area contributed by atoms with Crippen molar-refractivity contribution in [2.45, 2.75) is 64.5 Å². The van der Waals surface area contributed by atoms with Gasteiger partial charge in [-0.2, -0.15) is 0 Å². The molecule has 0 heterocycles. The Bertz CT molecular complexity index is 632. The van der Waals surface area contributed by atoms with E-state index in [0.717, 1.165) is 56.1 Å². The smallest absolute Gasteiger partial charge is 0.223 e. The summed E-state index contributed by atoms with van der Waals surface area (Å²) in [6.45, 7) is 4.84. The van der Waals surface area contributed by atoms with Gasteiger partial charge >= 0.3 is 0 Å². The van der Waals surface area contributed by atoms with E-state index in [9.17, 15) is 4.79 Å². The summed E-state index contributed by atoms with van der Waals surface area (Å²) < 4.78 is 0. The lowest BCUT2D eigenvalue weighted by molar-refractivity contribution is -0.126. The molecule has 1 amide bonds. The molecule has 1 saturated carbocycles. The average molecular weight is 393 g/mol. The number of hydrogen-bond donors (Lipinski definition) is 3. The summed E-state index contributed by atoms with van der Waals surface area (Å²) in [4.78, 5) is 16.6. The van der Waals surface area contributed by atoms with Crippen LogP contribution in [0.2, 0.25) is 5.02 Å². The first-order valence-corrected chi connectivity index (χ1v) is 10.4. The first-order chi connectivity index (χ1) is 13.0. The number of halogens is 1. The number of rotatable bonds is 7. The number of aryl methyl sites for hydroxylation is 1. The Morgan fingerprint density at radius 2 is 2.07 bits per heavy atom. The van der Waals surface area contributed by atoms with Gasteiger partial charge in [0.1, 0.15) is 0 Å². The van der Waals surface area contributed by atoms with E-state index < -0.39 is 0 Å². The van der Waals surface area contributed by atoms with Crippen LogP contribution in [0.5, 0.6) is 0 Å².